The molecule has 2 unspecified atom stereocenters. The molecule has 1 aromatic heterocycles. The highest BCUT2D eigenvalue weighted by atomic mass is 32.1. The van der Waals surface area contributed by atoms with Gasteiger partial charge in [-0.3, -0.25) is 0 Å². The molecule has 1 aromatic rings. The summed E-state index contributed by atoms with van der Waals surface area (Å²) < 4.78 is 0. The van der Waals surface area contributed by atoms with Gasteiger partial charge in [0, 0.05) is 24.0 Å². The minimum atomic E-state index is 0.519. The molecule has 2 heterocycles. The van der Waals surface area contributed by atoms with Crippen LogP contribution in [0.3, 0.4) is 0 Å². The quantitative estimate of drug-likeness (QED) is 0.910. The van der Waals surface area contributed by atoms with Crippen molar-refractivity contribution in [1.29, 1.82) is 0 Å². The Kier molecular flexibility index (Phi) is 5.22. The van der Waals surface area contributed by atoms with Gasteiger partial charge < -0.3 is 10.6 Å². The average molecular weight is 281 g/mol. The van der Waals surface area contributed by atoms with Crippen LogP contribution in [0.1, 0.15) is 69.4 Å². The van der Waals surface area contributed by atoms with E-state index in [9.17, 15) is 0 Å². The second kappa shape index (κ2) is 6.71. The molecule has 1 aliphatic rings. The molecule has 2 atom stereocenters. The molecule has 0 spiro atoms. The van der Waals surface area contributed by atoms with E-state index in [1.807, 2.05) is 11.3 Å². The number of thiazole rings is 1. The molecule has 2 rings (SSSR count). The molecule has 2 N–H and O–H groups in total. The zero-order valence-corrected chi connectivity index (χ0v) is 13.3. The summed E-state index contributed by atoms with van der Waals surface area (Å²) in [4.78, 5) is 8.71. The Balaban J connectivity index is 2.26. The van der Waals surface area contributed by atoms with Crippen LogP contribution in [-0.4, -0.2) is 17.6 Å². The molecule has 1 aliphatic heterocycles. The van der Waals surface area contributed by atoms with Crippen LogP contribution >= 0.6 is 11.3 Å². The summed E-state index contributed by atoms with van der Waals surface area (Å²) in [5, 5.41) is 1.20. The first kappa shape index (κ1) is 14.8. The van der Waals surface area contributed by atoms with E-state index in [1.165, 1.54) is 41.4 Å². The van der Waals surface area contributed by atoms with Crippen LogP contribution in [0.25, 0.3) is 0 Å². The molecule has 19 heavy (non-hydrogen) atoms. The Morgan fingerprint density at radius 3 is 2.89 bits per heavy atom. The van der Waals surface area contributed by atoms with Crippen molar-refractivity contribution < 1.29 is 0 Å². The van der Waals surface area contributed by atoms with E-state index in [0.717, 1.165) is 13.0 Å². The summed E-state index contributed by atoms with van der Waals surface area (Å²) in [7, 11) is 0. The van der Waals surface area contributed by atoms with E-state index in [-0.39, 0.29) is 0 Å². The second-order valence-corrected chi connectivity index (χ2v) is 6.77. The van der Waals surface area contributed by atoms with Crippen LogP contribution in [0, 0.1) is 0 Å². The predicted molar refractivity (Wildman–Crippen MR) is 84.0 cm³/mol. The van der Waals surface area contributed by atoms with Crippen LogP contribution in [0.2, 0.25) is 0 Å². The summed E-state index contributed by atoms with van der Waals surface area (Å²) in [6, 6.07) is 0.615. The number of anilines is 1. The van der Waals surface area contributed by atoms with Crippen molar-refractivity contribution in [1.82, 2.24) is 4.98 Å². The Labute approximate surface area is 121 Å². The van der Waals surface area contributed by atoms with Gasteiger partial charge in [0.05, 0.1) is 5.69 Å². The molecule has 0 aliphatic carbocycles. The van der Waals surface area contributed by atoms with E-state index in [2.05, 4.69) is 25.7 Å². The highest BCUT2D eigenvalue weighted by Crippen LogP contribution is 2.34. The minimum Gasteiger partial charge on any atom is -0.345 e. The number of nitrogens with two attached hydrogens (primary N) is 1. The van der Waals surface area contributed by atoms with Gasteiger partial charge in [0.2, 0.25) is 0 Å². The molecule has 0 radical (unpaired) electrons. The fourth-order valence-corrected chi connectivity index (χ4v) is 3.94. The first-order chi connectivity index (χ1) is 9.17. The molecular formula is C15H27N3S. The number of aromatic nitrogens is 1. The third kappa shape index (κ3) is 3.29. The summed E-state index contributed by atoms with van der Waals surface area (Å²) >= 11 is 1.81. The van der Waals surface area contributed by atoms with Crippen LogP contribution in [0.5, 0.6) is 0 Å². The van der Waals surface area contributed by atoms with E-state index < -0.39 is 0 Å². The van der Waals surface area contributed by atoms with Gasteiger partial charge in [0.25, 0.3) is 0 Å². The topological polar surface area (TPSA) is 42.2 Å². The van der Waals surface area contributed by atoms with Gasteiger partial charge in [-0.2, -0.15) is 0 Å². The highest BCUT2D eigenvalue weighted by Gasteiger charge is 2.23. The number of hydrogen-bond acceptors (Lipinski definition) is 4. The largest absolute Gasteiger partial charge is 0.345 e. The van der Waals surface area contributed by atoms with Gasteiger partial charge in [-0.25, -0.2) is 4.98 Å². The molecule has 0 saturated carbocycles. The Morgan fingerprint density at radius 1 is 1.42 bits per heavy atom. The van der Waals surface area contributed by atoms with Crippen molar-refractivity contribution >= 4 is 16.5 Å². The molecular weight excluding hydrogens is 254 g/mol. The van der Waals surface area contributed by atoms with E-state index >= 15 is 0 Å². The maximum Gasteiger partial charge on any atom is 0.186 e. The smallest absolute Gasteiger partial charge is 0.186 e. The third-order valence-electron chi connectivity index (χ3n) is 4.28. The predicted octanol–water partition coefficient (Wildman–Crippen LogP) is 3.88. The zero-order chi connectivity index (χ0) is 13.8. The van der Waals surface area contributed by atoms with Gasteiger partial charge in [-0.15, -0.1) is 11.3 Å². The van der Waals surface area contributed by atoms with Gasteiger partial charge in [0.1, 0.15) is 0 Å². The Bertz CT molecular complexity index is 402. The lowest BCUT2D eigenvalue weighted by Gasteiger charge is -2.26. The maximum atomic E-state index is 5.90. The van der Waals surface area contributed by atoms with Crippen LogP contribution in [-0.2, 0) is 6.54 Å². The van der Waals surface area contributed by atoms with Crippen LogP contribution < -0.4 is 10.6 Å². The molecule has 108 valence electrons. The van der Waals surface area contributed by atoms with Crippen LogP contribution in [0.15, 0.2) is 0 Å². The molecule has 1 fully saturated rings. The zero-order valence-electron chi connectivity index (χ0n) is 12.5. The maximum absolute atomic E-state index is 5.90. The molecule has 0 aromatic carbocycles. The van der Waals surface area contributed by atoms with Gasteiger partial charge in [-0.1, -0.05) is 26.7 Å². The fourth-order valence-electron chi connectivity index (χ4n) is 2.76. The lowest BCUT2D eigenvalue weighted by atomic mass is 10.0. The number of hydrogen-bond donors (Lipinski definition) is 1. The molecule has 4 heteroatoms. The lowest BCUT2D eigenvalue weighted by Crippen LogP contribution is -2.32. The summed E-state index contributed by atoms with van der Waals surface area (Å²) in [6.07, 6.45) is 6.42. The summed E-state index contributed by atoms with van der Waals surface area (Å²) in [6.45, 7) is 8.58. The van der Waals surface area contributed by atoms with Crippen molar-refractivity contribution in [2.75, 3.05) is 11.4 Å². The van der Waals surface area contributed by atoms with E-state index in [1.54, 1.807) is 0 Å². The van der Waals surface area contributed by atoms with Crippen molar-refractivity contribution in [2.24, 2.45) is 5.73 Å². The first-order valence-electron chi connectivity index (χ1n) is 7.63. The Hall–Kier alpha value is -0.610. The highest BCUT2D eigenvalue weighted by molar-refractivity contribution is 7.15. The molecule has 1 saturated heterocycles. The number of nitrogens with zero attached hydrogens (tertiary/aromatic N) is 2. The number of rotatable bonds is 4. The van der Waals surface area contributed by atoms with Gasteiger partial charge >= 0.3 is 0 Å². The van der Waals surface area contributed by atoms with E-state index in [0.29, 0.717) is 18.5 Å². The summed E-state index contributed by atoms with van der Waals surface area (Å²) in [5.74, 6) is 0.519. The molecule has 3 nitrogen and oxygen atoms in total. The van der Waals surface area contributed by atoms with Gasteiger partial charge in [-0.05, 0) is 32.1 Å². The van der Waals surface area contributed by atoms with Crippen molar-refractivity contribution in [3.63, 3.8) is 0 Å². The van der Waals surface area contributed by atoms with Crippen molar-refractivity contribution in [3.05, 3.63) is 10.6 Å². The average Bonchev–Trinajstić information content (AvgIpc) is 2.74. The third-order valence-corrected chi connectivity index (χ3v) is 5.41. The van der Waals surface area contributed by atoms with E-state index in [4.69, 9.17) is 10.7 Å². The van der Waals surface area contributed by atoms with Crippen molar-refractivity contribution in [3.8, 4) is 0 Å². The molecule has 0 amide bonds. The fraction of sp³-hybridized carbons (Fsp3) is 0.800. The second-order valence-electron chi connectivity index (χ2n) is 5.71. The first-order valence-corrected chi connectivity index (χ1v) is 8.45. The SMILES string of the molecule is CCC(C)c1nc(N2CCCCCC2C)sc1CN. The Morgan fingerprint density at radius 2 is 2.21 bits per heavy atom. The monoisotopic (exact) mass is 281 g/mol. The normalized spacial score (nSPS) is 22.3. The molecule has 0 bridgehead atoms. The minimum absolute atomic E-state index is 0.519. The summed E-state index contributed by atoms with van der Waals surface area (Å²) in [5.41, 5.74) is 7.14. The van der Waals surface area contributed by atoms with Gasteiger partial charge in [0.15, 0.2) is 5.13 Å². The van der Waals surface area contributed by atoms with Crippen molar-refractivity contribution in [2.45, 2.75) is 71.4 Å². The standard InChI is InChI=1S/C15H27N3S/c1-4-11(2)14-13(10-16)19-15(17-14)18-9-7-5-6-8-12(18)3/h11-12H,4-10,16H2,1-3H3. The van der Waals surface area contributed by atoms with Crippen LogP contribution in [0.4, 0.5) is 5.13 Å². The lowest BCUT2D eigenvalue weighted by molar-refractivity contribution is 0.612.